The third-order valence-electron chi connectivity index (χ3n) is 5.51. The first-order chi connectivity index (χ1) is 8.42. The zero-order valence-electron chi connectivity index (χ0n) is 11.2. The minimum absolute atomic E-state index is 0.226. The van der Waals surface area contributed by atoms with Gasteiger partial charge in [-0.1, -0.05) is 13.5 Å². The first kappa shape index (κ1) is 12.2. The van der Waals surface area contributed by atoms with Crippen molar-refractivity contribution in [3.63, 3.8) is 0 Å². The van der Waals surface area contributed by atoms with Gasteiger partial charge in [-0.05, 0) is 50.4 Å². The lowest BCUT2D eigenvalue weighted by Crippen LogP contribution is -2.60. The molecule has 3 nitrogen and oxygen atoms in total. The van der Waals surface area contributed by atoms with Crippen LogP contribution in [0.3, 0.4) is 0 Å². The predicted octanol–water partition coefficient (Wildman–Crippen LogP) is 2.29. The molecule has 2 aliphatic carbocycles. The molecule has 0 unspecified atom stereocenters. The Morgan fingerprint density at radius 1 is 1.39 bits per heavy atom. The summed E-state index contributed by atoms with van der Waals surface area (Å²) in [6.07, 6.45) is 3.62. The molecule has 3 aliphatic rings. The van der Waals surface area contributed by atoms with E-state index in [1.54, 1.807) is 0 Å². The van der Waals surface area contributed by atoms with Crippen molar-refractivity contribution >= 4 is 5.97 Å². The second-order valence-electron chi connectivity index (χ2n) is 6.65. The van der Waals surface area contributed by atoms with E-state index < -0.39 is 5.60 Å². The number of ether oxygens (including phenoxy) is 1. The number of aliphatic hydroxyl groups is 1. The average Bonchev–Trinajstić information content (AvgIpc) is 2.31. The first-order valence-corrected chi connectivity index (χ1v) is 7.04. The lowest BCUT2D eigenvalue weighted by molar-refractivity contribution is -0.204. The minimum atomic E-state index is -0.868. The molecule has 0 bridgehead atoms. The molecule has 0 spiro atoms. The van der Waals surface area contributed by atoms with Crippen molar-refractivity contribution < 1.29 is 14.6 Å². The van der Waals surface area contributed by atoms with Crippen molar-refractivity contribution in [2.24, 2.45) is 23.7 Å². The van der Waals surface area contributed by atoms with Gasteiger partial charge in [0.25, 0.3) is 0 Å². The summed E-state index contributed by atoms with van der Waals surface area (Å²) in [5.41, 5.74) is -0.238. The van der Waals surface area contributed by atoms with Crippen LogP contribution >= 0.6 is 0 Å². The van der Waals surface area contributed by atoms with E-state index in [1.165, 1.54) is 0 Å². The molecule has 0 aromatic carbocycles. The Morgan fingerprint density at radius 2 is 2.11 bits per heavy atom. The van der Waals surface area contributed by atoms with Crippen molar-refractivity contribution in [2.45, 2.75) is 51.2 Å². The summed E-state index contributed by atoms with van der Waals surface area (Å²) in [4.78, 5) is 11.9. The van der Waals surface area contributed by atoms with Gasteiger partial charge in [-0.2, -0.15) is 0 Å². The largest absolute Gasteiger partial charge is 0.456 e. The standard InChI is InChI=1S/C15H22O3/c1-8-4-5-11-9(2)14(16)18-13-12(11)10(8)6-7-15(13,3)17/h8,10-13,17H,2,4-7H2,1,3H3/t8-,10+,11-,12+,13+,15-/m1/s1. The minimum Gasteiger partial charge on any atom is -0.456 e. The summed E-state index contributed by atoms with van der Waals surface area (Å²) < 4.78 is 5.51. The Hall–Kier alpha value is -0.830. The maximum absolute atomic E-state index is 11.9. The van der Waals surface area contributed by atoms with Gasteiger partial charge in [-0.15, -0.1) is 0 Å². The maximum atomic E-state index is 11.9. The van der Waals surface area contributed by atoms with E-state index in [-0.39, 0.29) is 23.9 Å². The predicted molar refractivity (Wildman–Crippen MR) is 67.7 cm³/mol. The topological polar surface area (TPSA) is 46.5 Å². The number of esters is 1. The molecular formula is C15H22O3. The van der Waals surface area contributed by atoms with Crippen molar-refractivity contribution in [2.75, 3.05) is 0 Å². The van der Waals surface area contributed by atoms with Crippen LogP contribution in [0.15, 0.2) is 12.2 Å². The number of hydrogen-bond donors (Lipinski definition) is 1. The summed E-state index contributed by atoms with van der Waals surface area (Å²) >= 11 is 0. The van der Waals surface area contributed by atoms with E-state index in [1.807, 2.05) is 6.92 Å². The number of hydrogen-bond acceptors (Lipinski definition) is 3. The molecule has 1 aliphatic heterocycles. The van der Waals surface area contributed by atoms with E-state index in [0.717, 1.165) is 25.7 Å². The fourth-order valence-electron chi connectivity index (χ4n) is 4.41. The highest BCUT2D eigenvalue weighted by Crippen LogP contribution is 2.54. The molecule has 0 amide bonds. The fourth-order valence-corrected chi connectivity index (χ4v) is 4.41. The molecule has 0 aromatic heterocycles. The van der Waals surface area contributed by atoms with Gasteiger partial charge < -0.3 is 9.84 Å². The zero-order valence-corrected chi connectivity index (χ0v) is 11.2. The summed E-state index contributed by atoms with van der Waals surface area (Å²) in [5.74, 6) is 1.44. The Morgan fingerprint density at radius 3 is 2.83 bits per heavy atom. The number of carbonyl (C=O) groups excluding carboxylic acids is 1. The first-order valence-electron chi connectivity index (χ1n) is 7.04. The second kappa shape index (κ2) is 3.83. The Balaban J connectivity index is 2.00. The molecule has 1 N–H and O–H groups in total. The Bertz CT molecular complexity index is 399. The monoisotopic (exact) mass is 250 g/mol. The van der Waals surface area contributed by atoms with Crippen molar-refractivity contribution in [1.82, 2.24) is 0 Å². The molecule has 0 radical (unpaired) electrons. The van der Waals surface area contributed by atoms with E-state index >= 15 is 0 Å². The van der Waals surface area contributed by atoms with Crippen molar-refractivity contribution in [3.8, 4) is 0 Å². The molecule has 0 aromatic rings. The molecule has 100 valence electrons. The highest BCUT2D eigenvalue weighted by Gasteiger charge is 2.57. The van der Waals surface area contributed by atoms with Crippen molar-refractivity contribution in [1.29, 1.82) is 0 Å². The molecule has 3 heteroatoms. The van der Waals surface area contributed by atoms with E-state index in [9.17, 15) is 9.90 Å². The van der Waals surface area contributed by atoms with Gasteiger partial charge in [-0.3, -0.25) is 0 Å². The lowest BCUT2D eigenvalue weighted by atomic mass is 9.55. The zero-order chi connectivity index (χ0) is 13.1. The molecule has 1 heterocycles. The van der Waals surface area contributed by atoms with Crippen LogP contribution in [-0.4, -0.2) is 22.8 Å². The van der Waals surface area contributed by atoms with Gasteiger partial charge in [0.2, 0.25) is 0 Å². The van der Waals surface area contributed by atoms with Crippen LogP contribution in [0.4, 0.5) is 0 Å². The molecule has 3 rings (SSSR count). The Kier molecular flexibility index (Phi) is 2.60. The van der Waals surface area contributed by atoms with Crippen molar-refractivity contribution in [3.05, 3.63) is 12.2 Å². The molecule has 3 fully saturated rings. The molecule has 1 saturated heterocycles. The van der Waals surface area contributed by atoms with Crippen LogP contribution in [0, 0.1) is 23.7 Å². The smallest absolute Gasteiger partial charge is 0.334 e. The SMILES string of the molecule is C=C1C(=O)O[C@H]2[C@H]3[C@@H](CC[C@@]2(C)O)[C@H](C)CC[C@H]13. The van der Waals surface area contributed by atoms with E-state index in [0.29, 0.717) is 17.4 Å². The second-order valence-corrected chi connectivity index (χ2v) is 6.65. The van der Waals surface area contributed by atoms with Gasteiger partial charge in [0, 0.05) is 11.5 Å². The van der Waals surface area contributed by atoms with Gasteiger partial charge in [0.15, 0.2) is 0 Å². The molecule has 6 atom stereocenters. The molecule has 18 heavy (non-hydrogen) atoms. The van der Waals surface area contributed by atoms with Crippen LogP contribution in [0.2, 0.25) is 0 Å². The fraction of sp³-hybridized carbons (Fsp3) is 0.800. The van der Waals surface area contributed by atoms with Crippen LogP contribution in [0.25, 0.3) is 0 Å². The van der Waals surface area contributed by atoms with Gasteiger partial charge in [0.05, 0.1) is 5.60 Å². The number of carbonyl (C=O) groups is 1. The Labute approximate surface area is 108 Å². The summed E-state index contributed by atoms with van der Waals surface area (Å²) in [6, 6.07) is 0. The average molecular weight is 250 g/mol. The lowest BCUT2D eigenvalue weighted by Gasteiger charge is -2.55. The molecular weight excluding hydrogens is 228 g/mol. The number of rotatable bonds is 0. The van der Waals surface area contributed by atoms with Gasteiger partial charge >= 0.3 is 5.97 Å². The van der Waals surface area contributed by atoms with Gasteiger partial charge in [-0.25, -0.2) is 4.79 Å². The summed E-state index contributed by atoms with van der Waals surface area (Å²) in [5, 5.41) is 10.5. The summed E-state index contributed by atoms with van der Waals surface area (Å²) in [7, 11) is 0. The highest BCUT2D eigenvalue weighted by molar-refractivity contribution is 5.89. The summed E-state index contributed by atoms with van der Waals surface area (Å²) in [6.45, 7) is 8.02. The van der Waals surface area contributed by atoms with Crippen LogP contribution < -0.4 is 0 Å². The molecule has 2 saturated carbocycles. The third kappa shape index (κ3) is 1.56. The van der Waals surface area contributed by atoms with Crippen LogP contribution in [-0.2, 0) is 9.53 Å². The van der Waals surface area contributed by atoms with Crippen LogP contribution in [0.5, 0.6) is 0 Å². The highest BCUT2D eigenvalue weighted by atomic mass is 16.6. The van der Waals surface area contributed by atoms with Gasteiger partial charge in [0.1, 0.15) is 6.10 Å². The maximum Gasteiger partial charge on any atom is 0.334 e. The van der Waals surface area contributed by atoms with E-state index in [4.69, 9.17) is 4.74 Å². The quantitative estimate of drug-likeness (QED) is 0.530. The van der Waals surface area contributed by atoms with Crippen LogP contribution in [0.1, 0.15) is 39.5 Å². The normalized spacial score (nSPS) is 51.6. The third-order valence-corrected chi connectivity index (χ3v) is 5.51. The van der Waals surface area contributed by atoms with E-state index in [2.05, 4.69) is 13.5 Å².